The number of halogens is 5. The third-order valence-corrected chi connectivity index (χ3v) is 4.94. The van der Waals surface area contributed by atoms with Crippen molar-refractivity contribution in [2.75, 3.05) is 6.61 Å². The maximum Gasteiger partial charge on any atom is 0.155 e. The van der Waals surface area contributed by atoms with Crippen LogP contribution in [0.5, 0.6) is 0 Å². The number of aromatic nitrogens is 1. The number of aliphatic hydroxyl groups excluding tert-OH is 1. The van der Waals surface area contributed by atoms with Gasteiger partial charge in [0, 0.05) is 28.8 Å². The van der Waals surface area contributed by atoms with E-state index in [4.69, 9.17) is 11.6 Å². The van der Waals surface area contributed by atoms with Crippen LogP contribution in [0.15, 0.2) is 18.2 Å². The first-order valence-electron chi connectivity index (χ1n) is 8.29. The summed E-state index contributed by atoms with van der Waals surface area (Å²) in [5, 5.41) is 9.28. The molecule has 1 fully saturated rings. The van der Waals surface area contributed by atoms with Crippen LogP contribution in [0.3, 0.4) is 0 Å². The highest BCUT2D eigenvalue weighted by molar-refractivity contribution is 6.31. The molecule has 0 aliphatic heterocycles. The van der Waals surface area contributed by atoms with Crippen LogP contribution in [-0.4, -0.2) is 16.7 Å². The van der Waals surface area contributed by atoms with E-state index in [1.54, 1.807) is 0 Å². The molecule has 0 radical (unpaired) electrons. The Morgan fingerprint density at radius 3 is 2.38 bits per heavy atom. The fourth-order valence-corrected chi connectivity index (χ4v) is 3.20. The second-order valence-corrected chi connectivity index (χ2v) is 7.51. The normalized spacial score (nSPS) is 16.0. The van der Waals surface area contributed by atoms with Crippen LogP contribution < -0.4 is 0 Å². The highest BCUT2D eigenvalue weighted by Crippen LogP contribution is 2.44. The molecule has 1 aliphatic rings. The molecule has 140 valence electrons. The van der Waals surface area contributed by atoms with Crippen LogP contribution in [0.4, 0.5) is 17.6 Å². The maximum atomic E-state index is 15.0. The zero-order valence-electron chi connectivity index (χ0n) is 14.3. The average molecular weight is 388 g/mol. The summed E-state index contributed by atoms with van der Waals surface area (Å²) in [4.78, 5) is 4.16. The minimum atomic E-state index is -2.06. The number of nitrogens with zero attached hydrogens (tertiary/aromatic N) is 1. The third-order valence-electron chi connectivity index (χ3n) is 4.65. The topological polar surface area (TPSA) is 33.1 Å². The number of rotatable bonds is 5. The Balaban J connectivity index is 2.25. The quantitative estimate of drug-likeness (QED) is 0.542. The van der Waals surface area contributed by atoms with E-state index in [1.165, 1.54) is 19.9 Å². The number of hydrogen-bond acceptors (Lipinski definition) is 2. The predicted molar refractivity (Wildman–Crippen MR) is 91.2 cm³/mol. The van der Waals surface area contributed by atoms with Crippen molar-refractivity contribution in [1.29, 1.82) is 0 Å². The fraction of sp³-hybridized carbons (Fsp3) is 0.421. The predicted octanol–water partition coefficient (Wildman–Crippen LogP) is 5.51. The number of benzene rings is 1. The van der Waals surface area contributed by atoms with Crippen molar-refractivity contribution in [3.63, 3.8) is 0 Å². The van der Waals surface area contributed by atoms with Crippen molar-refractivity contribution < 1.29 is 22.7 Å². The molecule has 1 aromatic heterocycles. The molecule has 7 heteroatoms. The second kappa shape index (κ2) is 6.82. The van der Waals surface area contributed by atoms with Crippen molar-refractivity contribution in [3.05, 3.63) is 51.9 Å². The number of alkyl halides is 1. The molecule has 1 aromatic carbocycles. The first kappa shape index (κ1) is 19.1. The van der Waals surface area contributed by atoms with Gasteiger partial charge in [-0.15, -0.1) is 0 Å². The lowest BCUT2D eigenvalue weighted by Crippen LogP contribution is -2.17. The zero-order chi connectivity index (χ0) is 19.2. The number of hydrogen-bond donors (Lipinski definition) is 1. The highest BCUT2D eigenvalue weighted by atomic mass is 35.5. The van der Waals surface area contributed by atoms with E-state index in [0.717, 1.165) is 18.9 Å². The van der Waals surface area contributed by atoms with E-state index in [-0.39, 0.29) is 29.3 Å². The van der Waals surface area contributed by atoms with Crippen molar-refractivity contribution >= 4 is 11.6 Å². The maximum absolute atomic E-state index is 15.0. The molecule has 26 heavy (non-hydrogen) atoms. The Kier molecular flexibility index (Phi) is 5.01. The number of pyridine rings is 1. The van der Waals surface area contributed by atoms with Gasteiger partial charge in [-0.1, -0.05) is 11.6 Å². The lowest BCUT2D eigenvalue weighted by molar-refractivity contribution is 0.212. The van der Waals surface area contributed by atoms with Crippen molar-refractivity contribution in [2.45, 2.75) is 38.3 Å². The molecule has 1 unspecified atom stereocenters. The molecule has 1 atom stereocenters. The van der Waals surface area contributed by atoms with Crippen LogP contribution in [0.2, 0.25) is 5.02 Å². The molecular weight excluding hydrogens is 370 g/mol. The summed E-state index contributed by atoms with van der Waals surface area (Å²) >= 11 is 5.70. The van der Waals surface area contributed by atoms with Crippen LogP contribution in [0, 0.1) is 23.4 Å². The fourth-order valence-electron chi connectivity index (χ4n) is 3.04. The van der Waals surface area contributed by atoms with E-state index < -0.39 is 39.8 Å². The SMILES string of the molecule is CC(C)(F)c1cc(C(CO)C2CC2)nc(-c2cc(Cl)c(F)cc2F)c1F. The van der Waals surface area contributed by atoms with Gasteiger partial charge in [0.15, 0.2) is 5.82 Å². The van der Waals surface area contributed by atoms with Crippen LogP contribution in [0.1, 0.15) is 43.9 Å². The molecule has 2 aromatic rings. The summed E-state index contributed by atoms with van der Waals surface area (Å²) in [7, 11) is 0. The lowest BCUT2D eigenvalue weighted by atomic mass is 9.92. The second-order valence-electron chi connectivity index (χ2n) is 7.10. The van der Waals surface area contributed by atoms with Gasteiger partial charge in [0.05, 0.1) is 11.6 Å². The molecule has 1 N–H and O–H groups in total. The van der Waals surface area contributed by atoms with Crippen LogP contribution in [0.25, 0.3) is 11.3 Å². The summed E-state index contributed by atoms with van der Waals surface area (Å²) in [6.45, 7) is 2.12. The van der Waals surface area contributed by atoms with E-state index in [1.807, 2.05) is 0 Å². The highest BCUT2D eigenvalue weighted by Gasteiger charge is 2.36. The van der Waals surface area contributed by atoms with Crippen molar-refractivity contribution in [2.24, 2.45) is 5.92 Å². The van der Waals surface area contributed by atoms with Crippen LogP contribution in [-0.2, 0) is 5.67 Å². The molecule has 1 aliphatic carbocycles. The largest absolute Gasteiger partial charge is 0.396 e. The van der Waals surface area contributed by atoms with Gasteiger partial charge in [-0.3, -0.25) is 0 Å². The molecule has 3 rings (SSSR count). The van der Waals surface area contributed by atoms with Gasteiger partial charge in [-0.25, -0.2) is 22.5 Å². The summed E-state index contributed by atoms with van der Waals surface area (Å²) < 4.78 is 57.2. The first-order chi connectivity index (χ1) is 12.1. The Morgan fingerprint density at radius 2 is 1.85 bits per heavy atom. The van der Waals surface area contributed by atoms with E-state index in [2.05, 4.69) is 4.98 Å². The van der Waals surface area contributed by atoms with Gasteiger partial charge in [0.2, 0.25) is 0 Å². The van der Waals surface area contributed by atoms with E-state index in [9.17, 15) is 22.7 Å². The Morgan fingerprint density at radius 1 is 1.19 bits per heavy atom. The van der Waals surface area contributed by atoms with Crippen molar-refractivity contribution in [3.8, 4) is 11.3 Å². The van der Waals surface area contributed by atoms with Gasteiger partial charge < -0.3 is 5.11 Å². The van der Waals surface area contributed by atoms with E-state index >= 15 is 0 Å². The molecule has 2 nitrogen and oxygen atoms in total. The number of aliphatic hydroxyl groups is 1. The van der Waals surface area contributed by atoms with Gasteiger partial charge in [0.25, 0.3) is 0 Å². The molecule has 1 saturated carbocycles. The summed E-state index contributed by atoms with van der Waals surface area (Å²) in [6, 6.07) is 2.75. The molecule has 0 amide bonds. The minimum absolute atomic E-state index is 0.169. The smallest absolute Gasteiger partial charge is 0.155 e. The average Bonchev–Trinajstić information content (AvgIpc) is 3.37. The molecule has 0 saturated heterocycles. The molecule has 1 heterocycles. The Labute approximate surface area is 153 Å². The summed E-state index contributed by atoms with van der Waals surface area (Å²) in [6.07, 6.45) is 1.76. The molecule has 0 bridgehead atoms. The standard InChI is InChI=1S/C19H18ClF4NO/c1-19(2,24)12-6-16(11(8-26)9-3-4-9)25-18(17(12)23)10-5-13(20)15(22)7-14(10)21/h5-7,9,11,26H,3-4,8H2,1-2H3. The Hall–Kier alpha value is -1.66. The third kappa shape index (κ3) is 3.58. The zero-order valence-corrected chi connectivity index (χ0v) is 15.0. The van der Waals surface area contributed by atoms with Gasteiger partial charge in [0.1, 0.15) is 23.0 Å². The summed E-state index contributed by atoms with van der Waals surface area (Å²) in [5.74, 6) is -3.29. The lowest BCUT2D eigenvalue weighted by Gasteiger charge is -2.22. The van der Waals surface area contributed by atoms with Gasteiger partial charge >= 0.3 is 0 Å². The summed E-state index contributed by atoms with van der Waals surface area (Å²) in [5.41, 5.74) is -2.86. The van der Waals surface area contributed by atoms with Gasteiger partial charge in [-0.2, -0.15) is 0 Å². The van der Waals surface area contributed by atoms with E-state index in [0.29, 0.717) is 6.07 Å². The first-order valence-corrected chi connectivity index (χ1v) is 8.67. The van der Waals surface area contributed by atoms with Gasteiger partial charge in [-0.05, 0) is 44.7 Å². The Bertz CT molecular complexity index is 846. The monoisotopic (exact) mass is 387 g/mol. The molecule has 0 spiro atoms. The van der Waals surface area contributed by atoms with Crippen LogP contribution >= 0.6 is 11.6 Å². The minimum Gasteiger partial charge on any atom is -0.396 e. The van der Waals surface area contributed by atoms with Crippen molar-refractivity contribution in [1.82, 2.24) is 4.98 Å². The molecular formula is C19H18ClF4NO.